The minimum atomic E-state index is -0.141. The highest BCUT2D eigenvalue weighted by molar-refractivity contribution is 5.34. The average molecular weight is 196 g/mol. The second-order valence-corrected chi connectivity index (χ2v) is 3.06. The summed E-state index contributed by atoms with van der Waals surface area (Å²) in [5, 5.41) is 3.95. The Bertz CT molecular complexity index is 318. The van der Waals surface area contributed by atoms with Gasteiger partial charge in [0.15, 0.2) is 0 Å². The smallest absolute Gasteiger partial charge is 0.107 e. The van der Waals surface area contributed by atoms with E-state index in [1.807, 2.05) is 6.92 Å². The molecule has 0 amide bonds. The number of nitrogens with zero attached hydrogens (tertiary/aromatic N) is 2. The number of nitroso groups, excluding NO2 is 1. The highest BCUT2D eigenvalue weighted by Gasteiger charge is 2.08. The maximum absolute atomic E-state index is 13.3. The Labute approximate surface area is 82.5 Å². The number of rotatable bonds is 3. The van der Waals surface area contributed by atoms with E-state index in [0.717, 1.165) is 0 Å². The van der Waals surface area contributed by atoms with Gasteiger partial charge in [-0.15, -0.1) is 4.91 Å². The van der Waals surface area contributed by atoms with E-state index in [2.05, 4.69) is 5.29 Å². The summed E-state index contributed by atoms with van der Waals surface area (Å²) >= 11 is 0. The number of hydrogen-bond donors (Lipinski definition) is 0. The Kier molecular flexibility index (Phi) is 3.56. The fourth-order valence-corrected chi connectivity index (χ4v) is 1.26. The Morgan fingerprint density at radius 2 is 2.36 bits per heavy atom. The summed E-state index contributed by atoms with van der Waals surface area (Å²) in [7, 11) is 1.54. The van der Waals surface area contributed by atoms with E-state index in [9.17, 15) is 9.30 Å². The molecule has 0 saturated heterocycles. The van der Waals surface area contributed by atoms with Gasteiger partial charge in [0.1, 0.15) is 5.83 Å². The lowest BCUT2D eigenvalue weighted by atomic mass is 10.1. The lowest BCUT2D eigenvalue weighted by Crippen LogP contribution is -2.07. The molecule has 4 heteroatoms. The van der Waals surface area contributed by atoms with Crippen LogP contribution in [0.1, 0.15) is 19.8 Å². The summed E-state index contributed by atoms with van der Waals surface area (Å²) < 4.78 is 13.3. The van der Waals surface area contributed by atoms with Gasteiger partial charge in [-0.3, -0.25) is 0 Å². The Morgan fingerprint density at radius 3 is 2.93 bits per heavy atom. The Morgan fingerprint density at radius 1 is 1.64 bits per heavy atom. The maximum Gasteiger partial charge on any atom is 0.107 e. The lowest BCUT2D eigenvalue weighted by Gasteiger charge is -2.09. The molecule has 0 unspecified atom stereocenters. The van der Waals surface area contributed by atoms with Crippen LogP contribution in [0.3, 0.4) is 0 Å². The van der Waals surface area contributed by atoms with Crippen molar-refractivity contribution in [2.24, 2.45) is 5.29 Å². The van der Waals surface area contributed by atoms with Crippen molar-refractivity contribution < 1.29 is 4.39 Å². The van der Waals surface area contributed by atoms with E-state index in [1.54, 1.807) is 25.3 Å². The number of allylic oxidation sites excluding steroid dienone is 5. The molecule has 0 aromatic carbocycles. The first-order valence-electron chi connectivity index (χ1n) is 4.51. The zero-order chi connectivity index (χ0) is 10.6. The van der Waals surface area contributed by atoms with Gasteiger partial charge in [-0.2, -0.15) is 0 Å². The number of hydrogen-bond acceptors (Lipinski definition) is 2. The highest BCUT2D eigenvalue weighted by Crippen LogP contribution is 2.22. The van der Waals surface area contributed by atoms with E-state index in [4.69, 9.17) is 0 Å². The summed E-state index contributed by atoms with van der Waals surface area (Å²) in [5.41, 5.74) is 1.24. The van der Waals surface area contributed by atoms with Gasteiger partial charge in [0.25, 0.3) is 0 Å². The molecule has 0 aromatic rings. The molecule has 1 aliphatic rings. The molecule has 0 aliphatic heterocycles. The Balaban J connectivity index is 3.01. The number of halogens is 1. The van der Waals surface area contributed by atoms with Gasteiger partial charge in [0.2, 0.25) is 0 Å². The first kappa shape index (κ1) is 10.6. The van der Waals surface area contributed by atoms with Gasteiger partial charge in [0, 0.05) is 13.5 Å². The van der Waals surface area contributed by atoms with Gasteiger partial charge in [-0.1, -0.05) is 13.0 Å². The van der Waals surface area contributed by atoms with Crippen molar-refractivity contribution in [1.29, 1.82) is 0 Å². The van der Waals surface area contributed by atoms with Crippen molar-refractivity contribution in [2.45, 2.75) is 19.8 Å². The quantitative estimate of drug-likeness (QED) is 0.513. The fraction of sp³-hybridized carbons (Fsp3) is 0.400. The molecule has 0 atom stereocenters. The van der Waals surface area contributed by atoms with Crippen LogP contribution in [-0.4, -0.2) is 12.1 Å². The van der Waals surface area contributed by atoms with Crippen molar-refractivity contribution in [3.05, 3.63) is 40.2 Å². The van der Waals surface area contributed by atoms with Crippen molar-refractivity contribution in [3.8, 4) is 0 Å². The third-order valence-corrected chi connectivity index (χ3v) is 2.13. The van der Waals surface area contributed by atoms with E-state index in [0.29, 0.717) is 17.7 Å². The molecule has 0 N–H and O–H groups in total. The Hall–Kier alpha value is -1.45. The van der Waals surface area contributed by atoms with Gasteiger partial charge in [0.05, 0.1) is 11.0 Å². The van der Waals surface area contributed by atoms with Crippen LogP contribution in [0.15, 0.2) is 40.6 Å². The largest absolute Gasteiger partial charge is 0.232 e. The van der Waals surface area contributed by atoms with Gasteiger partial charge < -0.3 is 0 Å². The summed E-state index contributed by atoms with van der Waals surface area (Å²) in [6.45, 7) is 1.88. The van der Waals surface area contributed by atoms with Crippen LogP contribution in [0.4, 0.5) is 4.39 Å². The molecule has 3 nitrogen and oxygen atoms in total. The van der Waals surface area contributed by atoms with Crippen LogP contribution in [-0.2, 0) is 0 Å². The standard InChI is InChI=1S/C10H13FN2O/c1-3-8-7-9(13(2)12-14)5-4-6-10(8)11/h4-5,7H,3,6H2,1-2H3. The van der Waals surface area contributed by atoms with Crippen LogP contribution >= 0.6 is 0 Å². The van der Waals surface area contributed by atoms with E-state index in [1.165, 1.54) is 5.01 Å². The molecule has 0 saturated carbocycles. The average Bonchev–Trinajstić information content (AvgIpc) is 2.39. The van der Waals surface area contributed by atoms with E-state index >= 15 is 0 Å². The normalized spacial score (nSPS) is 16.4. The monoisotopic (exact) mass is 196 g/mol. The summed E-state index contributed by atoms with van der Waals surface area (Å²) in [6, 6.07) is 0. The minimum Gasteiger partial charge on any atom is -0.232 e. The third-order valence-electron chi connectivity index (χ3n) is 2.13. The number of likely N-dealkylation sites (N-methyl/N-ethyl adjacent to an activating group) is 1. The topological polar surface area (TPSA) is 32.7 Å². The van der Waals surface area contributed by atoms with Crippen LogP contribution in [0.25, 0.3) is 0 Å². The first-order valence-corrected chi connectivity index (χ1v) is 4.51. The summed E-state index contributed by atoms with van der Waals surface area (Å²) in [4.78, 5) is 10.3. The SMILES string of the molecule is CCC1=C(F)CC=CC(N(C)N=O)=C1. The van der Waals surface area contributed by atoms with Crippen molar-refractivity contribution in [3.63, 3.8) is 0 Å². The van der Waals surface area contributed by atoms with Crippen molar-refractivity contribution >= 4 is 0 Å². The van der Waals surface area contributed by atoms with Gasteiger partial charge >= 0.3 is 0 Å². The third kappa shape index (κ3) is 2.28. The molecule has 0 fully saturated rings. The van der Waals surface area contributed by atoms with Crippen molar-refractivity contribution in [2.75, 3.05) is 7.05 Å². The highest BCUT2D eigenvalue weighted by atomic mass is 19.1. The van der Waals surface area contributed by atoms with Crippen LogP contribution < -0.4 is 0 Å². The van der Waals surface area contributed by atoms with Gasteiger partial charge in [-0.05, 0) is 24.1 Å². The molecule has 0 aromatic heterocycles. The second kappa shape index (κ2) is 4.69. The molecule has 0 bridgehead atoms. The fourth-order valence-electron chi connectivity index (χ4n) is 1.26. The van der Waals surface area contributed by atoms with Crippen LogP contribution in [0, 0.1) is 4.91 Å². The first-order chi connectivity index (χ1) is 6.69. The van der Waals surface area contributed by atoms with Gasteiger partial charge in [-0.25, -0.2) is 9.40 Å². The zero-order valence-corrected chi connectivity index (χ0v) is 8.33. The predicted molar refractivity (Wildman–Crippen MR) is 53.8 cm³/mol. The van der Waals surface area contributed by atoms with Crippen LogP contribution in [0.2, 0.25) is 0 Å². The zero-order valence-electron chi connectivity index (χ0n) is 8.33. The maximum atomic E-state index is 13.3. The molecule has 0 spiro atoms. The summed E-state index contributed by atoms with van der Waals surface area (Å²) in [6.07, 6.45) is 5.94. The molecule has 0 heterocycles. The second-order valence-electron chi connectivity index (χ2n) is 3.06. The molecule has 14 heavy (non-hydrogen) atoms. The van der Waals surface area contributed by atoms with E-state index in [-0.39, 0.29) is 12.2 Å². The molecular formula is C10H13FN2O. The minimum absolute atomic E-state index is 0.141. The molecule has 76 valence electrons. The van der Waals surface area contributed by atoms with Crippen LogP contribution in [0.5, 0.6) is 0 Å². The van der Waals surface area contributed by atoms with Crippen molar-refractivity contribution in [1.82, 2.24) is 5.01 Å². The molecule has 1 aliphatic carbocycles. The predicted octanol–water partition coefficient (Wildman–Crippen LogP) is 3.08. The lowest BCUT2D eigenvalue weighted by molar-refractivity contribution is 0.454. The molecule has 0 radical (unpaired) electrons. The summed E-state index contributed by atoms with van der Waals surface area (Å²) in [5.74, 6) is -0.141. The van der Waals surface area contributed by atoms with E-state index < -0.39 is 0 Å². The molecule has 1 rings (SSSR count). The molecular weight excluding hydrogens is 183 g/mol.